The van der Waals surface area contributed by atoms with Crippen LogP contribution in [0.15, 0.2) is 24.4 Å². The standard InChI is InChI=1S/C20H18ClF4N3O5S/c21-15-6-12(9-26-19(15)32-10-20(23,24)25)33-17-8-16(22)14(7-13(17)11-2-3-11)18(29)27-34(30,31)28-4-1-5-28/h6-9,11H,1-5,10H2,(H,27,29). The van der Waals surface area contributed by atoms with Gasteiger partial charge in [0.25, 0.3) is 5.91 Å². The summed E-state index contributed by atoms with van der Waals surface area (Å²) in [4.78, 5) is 16.2. The van der Waals surface area contributed by atoms with Crippen LogP contribution >= 0.6 is 11.6 Å². The second-order valence-corrected chi connectivity index (χ2v) is 9.87. The van der Waals surface area contributed by atoms with Gasteiger partial charge in [0, 0.05) is 25.2 Å². The molecule has 2 aromatic rings. The van der Waals surface area contributed by atoms with E-state index in [2.05, 4.69) is 9.72 Å². The third-order valence-electron chi connectivity index (χ3n) is 5.12. The Hall–Kier alpha value is -2.64. The zero-order valence-electron chi connectivity index (χ0n) is 17.4. The molecule has 1 saturated carbocycles. The van der Waals surface area contributed by atoms with Crippen molar-refractivity contribution in [3.63, 3.8) is 0 Å². The highest BCUT2D eigenvalue weighted by molar-refractivity contribution is 7.87. The van der Waals surface area contributed by atoms with Gasteiger partial charge < -0.3 is 9.47 Å². The maximum atomic E-state index is 14.8. The average Bonchev–Trinajstić information content (AvgIpc) is 3.49. The first-order valence-corrected chi connectivity index (χ1v) is 11.9. The first-order valence-electron chi connectivity index (χ1n) is 10.1. The van der Waals surface area contributed by atoms with E-state index in [1.165, 1.54) is 6.07 Å². The van der Waals surface area contributed by atoms with Gasteiger partial charge in [0.05, 0.1) is 11.8 Å². The minimum absolute atomic E-state index is 0.00298. The highest BCUT2D eigenvalue weighted by atomic mass is 35.5. The number of carbonyl (C=O) groups excluding carboxylic acids is 1. The third kappa shape index (κ3) is 5.70. The number of hydrogen-bond donors (Lipinski definition) is 1. The molecule has 34 heavy (non-hydrogen) atoms. The van der Waals surface area contributed by atoms with Crippen LogP contribution in [-0.2, 0) is 10.2 Å². The smallest absolute Gasteiger partial charge is 0.422 e. The van der Waals surface area contributed by atoms with Crippen molar-refractivity contribution in [3.8, 4) is 17.4 Å². The number of alkyl halides is 3. The maximum Gasteiger partial charge on any atom is 0.422 e. The van der Waals surface area contributed by atoms with Crippen LogP contribution in [0.4, 0.5) is 17.6 Å². The molecule has 14 heteroatoms. The van der Waals surface area contributed by atoms with Crippen molar-refractivity contribution >= 4 is 27.7 Å². The molecule has 4 rings (SSSR count). The van der Waals surface area contributed by atoms with Crippen LogP contribution < -0.4 is 14.2 Å². The molecule has 2 heterocycles. The summed E-state index contributed by atoms with van der Waals surface area (Å²) in [6.07, 6.45) is -1.34. The van der Waals surface area contributed by atoms with Crippen LogP contribution in [0, 0.1) is 5.82 Å². The number of halogens is 5. The molecule has 0 atom stereocenters. The van der Waals surface area contributed by atoms with Gasteiger partial charge >= 0.3 is 16.4 Å². The second-order valence-electron chi connectivity index (χ2n) is 7.80. The lowest BCUT2D eigenvalue weighted by molar-refractivity contribution is -0.154. The molecule has 0 bridgehead atoms. The van der Waals surface area contributed by atoms with E-state index >= 15 is 0 Å². The zero-order chi connectivity index (χ0) is 24.7. The number of aromatic nitrogens is 1. The summed E-state index contributed by atoms with van der Waals surface area (Å²) < 4.78 is 89.2. The molecule has 1 aromatic heterocycles. The van der Waals surface area contributed by atoms with Crippen LogP contribution in [-0.4, -0.2) is 49.5 Å². The van der Waals surface area contributed by atoms with Gasteiger partial charge in [-0.2, -0.15) is 25.9 Å². The van der Waals surface area contributed by atoms with Crippen molar-refractivity contribution in [2.45, 2.75) is 31.4 Å². The number of pyridine rings is 1. The molecule has 2 fully saturated rings. The Kier molecular flexibility index (Phi) is 6.62. The van der Waals surface area contributed by atoms with Gasteiger partial charge in [0.15, 0.2) is 6.61 Å². The van der Waals surface area contributed by atoms with E-state index in [0.29, 0.717) is 12.0 Å². The van der Waals surface area contributed by atoms with Crippen molar-refractivity contribution in [2.24, 2.45) is 0 Å². The Morgan fingerprint density at radius 1 is 1.24 bits per heavy atom. The van der Waals surface area contributed by atoms with Gasteiger partial charge in [-0.1, -0.05) is 11.6 Å². The Morgan fingerprint density at radius 2 is 1.94 bits per heavy atom. The Balaban J connectivity index is 1.54. The molecular weight excluding hydrogens is 506 g/mol. The van der Waals surface area contributed by atoms with Crippen LogP contribution in [0.1, 0.15) is 41.1 Å². The molecule has 184 valence electrons. The molecule has 1 aliphatic carbocycles. The molecule has 0 spiro atoms. The van der Waals surface area contributed by atoms with E-state index in [4.69, 9.17) is 16.3 Å². The molecule has 2 aliphatic rings. The van der Waals surface area contributed by atoms with E-state index in [1.807, 2.05) is 4.72 Å². The number of nitrogens with zero attached hydrogens (tertiary/aromatic N) is 2. The van der Waals surface area contributed by atoms with Gasteiger partial charge in [-0.05, 0) is 36.8 Å². The molecule has 1 saturated heterocycles. The Morgan fingerprint density at radius 3 is 2.50 bits per heavy atom. The topological polar surface area (TPSA) is 97.8 Å². The summed E-state index contributed by atoms with van der Waals surface area (Å²) in [6.45, 7) is -1.02. The van der Waals surface area contributed by atoms with Crippen LogP contribution in [0.25, 0.3) is 0 Å². The number of rotatable bonds is 8. The monoisotopic (exact) mass is 523 g/mol. The van der Waals surface area contributed by atoms with Gasteiger partial charge in [0.1, 0.15) is 22.3 Å². The summed E-state index contributed by atoms with van der Waals surface area (Å²) in [5, 5.41) is -0.248. The molecule has 1 N–H and O–H groups in total. The number of nitrogens with one attached hydrogen (secondary N) is 1. The van der Waals surface area contributed by atoms with Crippen molar-refractivity contribution < 1.29 is 40.2 Å². The predicted octanol–water partition coefficient (Wildman–Crippen LogP) is 4.17. The molecular formula is C20H18ClF4N3O5S. The van der Waals surface area contributed by atoms with Crippen LogP contribution in [0.2, 0.25) is 5.02 Å². The summed E-state index contributed by atoms with van der Waals surface area (Å²) in [6, 6.07) is 3.34. The van der Waals surface area contributed by atoms with E-state index in [1.54, 1.807) is 0 Å². The largest absolute Gasteiger partial charge is 0.467 e. The lowest BCUT2D eigenvalue weighted by Gasteiger charge is -2.29. The molecule has 1 amide bonds. The molecule has 0 radical (unpaired) electrons. The molecule has 1 aliphatic heterocycles. The van der Waals surface area contributed by atoms with Gasteiger partial charge in [-0.3, -0.25) is 4.79 Å². The number of benzene rings is 1. The Bertz CT molecular complexity index is 1220. The summed E-state index contributed by atoms with van der Waals surface area (Å²) in [5.41, 5.74) is 0.0202. The fraction of sp³-hybridized carbons (Fsp3) is 0.400. The van der Waals surface area contributed by atoms with Gasteiger partial charge in [0.2, 0.25) is 5.88 Å². The van der Waals surface area contributed by atoms with Gasteiger partial charge in [-0.15, -0.1) is 0 Å². The van der Waals surface area contributed by atoms with E-state index in [9.17, 15) is 30.8 Å². The van der Waals surface area contributed by atoms with Crippen LogP contribution in [0.3, 0.4) is 0 Å². The highest BCUT2D eigenvalue weighted by Gasteiger charge is 2.33. The normalized spacial score (nSPS) is 16.6. The van der Waals surface area contributed by atoms with Crippen molar-refractivity contribution in [1.29, 1.82) is 0 Å². The number of carbonyl (C=O) groups is 1. The van der Waals surface area contributed by atoms with Crippen LogP contribution in [0.5, 0.6) is 17.4 Å². The SMILES string of the molecule is O=C(NS(=O)(=O)N1CCC1)c1cc(C2CC2)c(Oc2cnc(OCC(F)(F)F)c(Cl)c2)cc1F. The summed E-state index contributed by atoms with van der Waals surface area (Å²) >= 11 is 5.92. The quantitative estimate of drug-likeness (QED) is 0.522. The van der Waals surface area contributed by atoms with Crippen molar-refractivity contribution in [2.75, 3.05) is 19.7 Å². The average molecular weight is 524 g/mol. The first-order chi connectivity index (χ1) is 15.9. The lowest BCUT2D eigenvalue weighted by Crippen LogP contribution is -2.49. The first kappa shape index (κ1) is 24.5. The van der Waals surface area contributed by atoms with E-state index < -0.39 is 46.2 Å². The molecule has 8 nitrogen and oxygen atoms in total. The number of ether oxygens (including phenoxy) is 2. The predicted molar refractivity (Wildman–Crippen MR) is 112 cm³/mol. The zero-order valence-corrected chi connectivity index (χ0v) is 18.9. The minimum Gasteiger partial charge on any atom is -0.467 e. The maximum absolute atomic E-state index is 14.8. The summed E-state index contributed by atoms with van der Waals surface area (Å²) in [7, 11) is -4.06. The highest BCUT2D eigenvalue weighted by Crippen LogP contribution is 2.46. The molecule has 0 unspecified atom stereocenters. The summed E-state index contributed by atoms with van der Waals surface area (Å²) in [5.74, 6) is -2.55. The second kappa shape index (κ2) is 9.19. The molecule has 1 aromatic carbocycles. The lowest BCUT2D eigenvalue weighted by atomic mass is 10.0. The number of hydrogen-bond acceptors (Lipinski definition) is 6. The number of amides is 1. The van der Waals surface area contributed by atoms with Gasteiger partial charge in [-0.25, -0.2) is 14.1 Å². The van der Waals surface area contributed by atoms with Crippen molar-refractivity contribution in [1.82, 2.24) is 14.0 Å². The minimum atomic E-state index is -4.57. The van der Waals surface area contributed by atoms with E-state index in [0.717, 1.165) is 35.5 Å². The fourth-order valence-corrected chi connectivity index (χ4v) is 4.58. The van der Waals surface area contributed by atoms with Crippen molar-refractivity contribution in [3.05, 3.63) is 46.4 Å². The Labute approximate surface area is 197 Å². The fourth-order valence-electron chi connectivity index (χ4n) is 3.16. The van der Waals surface area contributed by atoms with E-state index in [-0.39, 0.29) is 35.5 Å². The third-order valence-corrected chi connectivity index (χ3v) is 6.88.